The summed E-state index contributed by atoms with van der Waals surface area (Å²) in [5.41, 5.74) is 0.241. The average molecular weight is 385 g/mol. The molecule has 1 heterocycles. The SMILES string of the molecule is COCCN(CCOC)C(=O)c1cnn(-c2cccc(C(F)(F)F)c2)c1C. The quantitative estimate of drug-likeness (QED) is 0.701. The number of aromatic nitrogens is 2. The second-order valence-corrected chi connectivity index (χ2v) is 5.88. The van der Waals surface area contributed by atoms with E-state index in [4.69, 9.17) is 9.47 Å². The Hall–Kier alpha value is -2.39. The first-order valence-corrected chi connectivity index (χ1v) is 8.29. The number of alkyl halides is 3. The van der Waals surface area contributed by atoms with Crippen molar-refractivity contribution >= 4 is 5.91 Å². The Labute approximate surface area is 155 Å². The molecule has 0 unspecified atom stereocenters. The van der Waals surface area contributed by atoms with E-state index in [1.54, 1.807) is 11.8 Å². The molecule has 0 bridgehead atoms. The average Bonchev–Trinajstić information content (AvgIpc) is 3.02. The van der Waals surface area contributed by atoms with Crippen LogP contribution in [0.15, 0.2) is 30.5 Å². The molecule has 0 spiro atoms. The molecule has 1 aromatic carbocycles. The summed E-state index contributed by atoms with van der Waals surface area (Å²) in [6, 6.07) is 4.81. The van der Waals surface area contributed by atoms with E-state index in [-0.39, 0.29) is 11.6 Å². The Morgan fingerprint density at radius 3 is 2.37 bits per heavy atom. The predicted octanol–water partition coefficient (Wildman–Crippen LogP) is 2.93. The van der Waals surface area contributed by atoms with Crippen LogP contribution in [0.4, 0.5) is 13.2 Å². The lowest BCUT2D eigenvalue weighted by atomic mass is 10.2. The Morgan fingerprint density at radius 2 is 1.81 bits per heavy atom. The molecule has 1 amide bonds. The van der Waals surface area contributed by atoms with Gasteiger partial charge in [-0.1, -0.05) is 6.07 Å². The van der Waals surface area contributed by atoms with Crippen molar-refractivity contribution in [2.75, 3.05) is 40.5 Å². The third kappa shape index (κ3) is 5.08. The van der Waals surface area contributed by atoms with Crippen LogP contribution in [-0.4, -0.2) is 61.1 Å². The fourth-order valence-electron chi connectivity index (χ4n) is 2.58. The number of hydrogen-bond donors (Lipinski definition) is 0. The van der Waals surface area contributed by atoms with Crippen molar-refractivity contribution in [1.82, 2.24) is 14.7 Å². The summed E-state index contributed by atoms with van der Waals surface area (Å²) in [6.07, 6.45) is -3.09. The van der Waals surface area contributed by atoms with Gasteiger partial charge in [0, 0.05) is 27.3 Å². The van der Waals surface area contributed by atoms with Crippen molar-refractivity contribution in [2.24, 2.45) is 0 Å². The number of carbonyl (C=O) groups is 1. The van der Waals surface area contributed by atoms with E-state index in [0.29, 0.717) is 37.6 Å². The van der Waals surface area contributed by atoms with Gasteiger partial charge >= 0.3 is 6.18 Å². The summed E-state index contributed by atoms with van der Waals surface area (Å²) in [7, 11) is 3.08. The molecule has 0 aliphatic rings. The minimum absolute atomic E-state index is 0.238. The number of halogens is 3. The van der Waals surface area contributed by atoms with Crippen molar-refractivity contribution in [3.8, 4) is 5.69 Å². The highest BCUT2D eigenvalue weighted by Crippen LogP contribution is 2.30. The maximum Gasteiger partial charge on any atom is 0.416 e. The maximum absolute atomic E-state index is 12.9. The van der Waals surface area contributed by atoms with Gasteiger partial charge in [0.25, 0.3) is 5.91 Å². The van der Waals surface area contributed by atoms with Gasteiger partial charge in [-0.15, -0.1) is 0 Å². The van der Waals surface area contributed by atoms with Crippen molar-refractivity contribution in [2.45, 2.75) is 13.1 Å². The standard InChI is InChI=1S/C18H22F3N3O3/c1-13-16(17(25)23(7-9-26-2)8-10-27-3)12-22-24(13)15-6-4-5-14(11-15)18(19,20)21/h4-6,11-12H,7-10H2,1-3H3. The van der Waals surface area contributed by atoms with Crippen LogP contribution in [0, 0.1) is 6.92 Å². The smallest absolute Gasteiger partial charge is 0.383 e. The van der Waals surface area contributed by atoms with Crippen LogP contribution in [0.25, 0.3) is 5.69 Å². The van der Waals surface area contributed by atoms with Crippen molar-refractivity contribution in [3.63, 3.8) is 0 Å². The molecule has 0 fully saturated rings. The molecule has 0 atom stereocenters. The molecule has 0 N–H and O–H groups in total. The van der Waals surface area contributed by atoms with E-state index >= 15 is 0 Å². The van der Waals surface area contributed by atoms with Gasteiger partial charge in [0.2, 0.25) is 0 Å². The van der Waals surface area contributed by atoms with Crippen LogP contribution in [0.3, 0.4) is 0 Å². The summed E-state index contributed by atoms with van der Waals surface area (Å²) >= 11 is 0. The van der Waals surface area contributed by atoms with Gasteiger partial charge in [-0.2, -0.15) is 18.3 Å². The zero-order chi connectivity index (χ0) is 20.0. The molecule has 0 aliphatic carbocycles. The van der Waals surface area contributed by atoms with Gasteiger partial charge in [0.1, 0.15) is 0 Å². The molecule has 2 rings (SSSR count). The van der Waals surface area contributed by atoms with Crippen molar-refractivity contribution < 1.29 is 27.4 Å². The summed E-state index contributed by atoms with van der Waals surface area (Å²) in [6.45, 7) is 3.09. The highest BCUT2D eigenvalue weighted by Gasteiger charge is 2.31. The van der Waals surface area contributed by atoms with Crippen LogP contribution in [-0.2, 0) is 15.7 Å². The van der Waals surface area contributed by atoms with Gasteiger partial charge in [0.15, 0.2) is 0 Å². The summed E-state index contributed by atoms with van der Waals surface area (Å²) in [5.74, 6) is -0.278. The van der Waals surface area contributed by atoms with E-state index in [0.717, 1.165) is 12.1 Å². The van der Waals surface area contributed by atoms with Gasteiger partial charge in [-0.3, -0.25) is 4.79 Å². The zero-order valence-electron chi connectivity index (χ0n) is 15.4. The third-order valence-electron chi connectivity index (χ3n) is 4.08. The van der Waals surface area contributed by atoms with Crippen LogP contribution in [0.5, 0.6) is 0 Å². The molecular weight excluding hydrogens is 363 g/mol. The number of methoxy groups -OCH3 is 2. The second kappa shape index (κ2) is 9.01. The van der Waals surface area contributed by atoms with Crippen LogP contribution in [0.2, 0.25) is 0 Å². The van der Waals surface area contributed by atoms with Crippen LogP contribution >= 0.6 is 0 Å². The third-order valence-corrected chi connectivity index (χ3v) is 4.08. The number of benzene rings is 1. The summed E-state index contributed by atoms with van der Waals surface area (Å²) < 4.78 is 50.2. The lowest BCUT2D eigenvalue weighted by molar-refractivity contribution is -0.137. The number of hydrogen-bond acceptors (Lipinski definition) is 4. The first-order valence-electron chi connectivity index (χ1n) is 8.29. The Kier molecular flexibility index (Phi) is 6.98. The molecule has 0 radical (unpaired) electrons. The van der Waals surface area contributed by atoms with E-state index in [9.17, 15) is 18.0 Å². The minimum atomic E-state index is -4.45. The van der Waals surface area contributed by atoms with E-state index in [1.165, 1.54) is 37.2 Å². The molecule has 6 nitrogen and oxygen atoms in total. The second-order valence-electron chi connectivity index (χ2n) is 5.88. The monoisotopic (exact) mass is 385 g/mol. The molecule has 2 aromatic rings. The van der Waals surface area contributed by atoms with Crippen LogP contribution < -0.4 is 0 Å². The molecule has 0 aliphatic heterocycles. The fraction of sp³-hybridized carbons (Fsp3) is 0.444. The molecule has 27 heavy (non-hydrogen) atoms. The number of amides is 1. The molecule has 0 saturated carbocycles. The molecule has 0 saturated heterocycles. The van der Waals surface area contributed by atoms with Crippen molar-refractivity contribution in [3.05, 3.63) is 47.3 Å². The first kappa shape index (κ1) is 20.9. The first-order chi connectivity index (χ1) is 12.8. The van der Waals surface area contributed by atoms with Crippen LogP contribution in [0.1, 0.15) is 21.6 Å². The Bertz CT molecular complexity index is 767. The number of ether oxygens (including phenoxy) is 2. The molecular formula is C18H22F3N3O3. The summed E-state index contributed by atoms with van der Waals surface area (Å²) in [5, 5.41) is 4.11. The molecule has 1 aromatic heterocycles. The lowest BCUT2D eigenvalue weighted by Gasteiger charge is -2.22. The molecule has 9 heteroatoms. The fourth-order valence-corrected chi connectivity index (χ4v) is 2.58. The maximum atomic E-state index is 12.9. The van der Waals surface area contributed by atoms with Crippen molar-refractivity contribution in [1.29, 1.82) is 0 Å². The topological polar surface area (TPSA) is 56.6 Å². The number of rotatable bonds is 8. The predicted molar refractivity (Wildman–Crippen MR) is 93.0 cm³/mol. The Balaban J connectivity index is 2.31. The van der Waals surface area contributed by atoms with E-state index < -0.39 is 11.7 Å². The van der Waals surface area contributed by atoms with Gasteiger partial charge in [0.05, 0.1) is 41.9 Å². The summed E-state index contributed by atoms with van der Waals surface area (Å²) in [4.78, 5) is 14.4. The Morgan fingerprint density at radius 1 is 1.19 bits per heavy atom. The lowest BCUT2D eigenvalue weighted by Crippen LogP contribution is -2.36. The highest BCUT2D eigenvalue weighted by molar-refractivity contribution is 5.95. The highest BCUT2D eigenvalue weighted by atomic mass is 19.4. The largest absolute Gasteiger partial charge is 0.416 e. The van der Waals surface area contributed by atoms with E-state index in [1.807, 2.05) is 0 Å². The normalized spacial score (nSPS) is 11.6. The zero-order valence-corrected chi connectivity index (χ0v) is 15.4. The van der Waals surface area contributed by atoms with Gasteiger partial charge in [-0.05, 0) is 25.1 Å². The minimum Gasteiger partial charge on any atom is -0.383 e. The van der Waals surface area contributed by atoms with Gasteiger partial charge in [-0.25, -0.2) is 4.68 Å². The number of carbonyl (C=O) groups excluding carboxylic acids is 1. The number of nitrogens with zero attached hydrogens (tertiary/aromatic N) is 3. The van der Waals surface area contributed by atoms with E-state index in [2.05, 4.69) is 5.10 Å². The van der Waals surface area contributed by atoms with Gasteiger partial charge < -0.3 is 14.4 Å². The molecule has 148 valence electrons.